The highest BCUT2D eigenvalue weighted by molar-refractivity contribution is 5.96. The first-order chi connectivity index (χ1) is 10.1. The highest BCUT2D eigenvalue weighted by Gasteiger charge is 2.27. The lowest BCUT2D eigenvalue weighted by atomic mass is 10.1. The van der Waals surface area contributed by atoms with E-state index in [9.17, 15) is 4.79 Å². The Morgan fingerprint density at radius 1 is 1.38 bits per heavy atom. The predicted molar refractivity (Wildman–Crippen MR) is 77.6 cm³/mol. The zero-order valence-electron chi connectivity index (χ0n) is 11.9. The maximum Gasteiger partial charge on any atom is 0.276 e. The van der Waals surface area contributed by atoms with Crippen molar-refractivity contribution in [1.82, 2.24) is 24.6 Å². The van der Waals surface area contributed by atoms with Crippen molar-refractivity contribution in [2.75, 3.05) is 18.8 Å². The number of amides is 1. The molecule has 0 saturated carbocycles. The second-order valence-corrected chi connectivity index (χ2v) is 5.34. The summed E-state index contributed by atoms with van der Waals surface area (Å²) in [6, 6.07) is 0.203. The van der Waals surface area contributed by atoms with Crippen molar-refractivity contribution in [1.29, 1.82) is 0 Å². The monoisotopic (exact) mass is 286 g/mol. The Labute approximate surface area is 122 Å². The standard InChI is InChI=1S/C14H18N6O/c1-10-7-18-20(8-10)11-3-2-6-19(9-11)14(21)12-13(15)17-5-4-16-12/h4-5,7-8,11H,2-3,6,9H2,1H3,(H2,15,17)/t11-/m0/s1. The van der Waals surface area contributed by atoms with Crippen LogP contribution in [0.1, 0.15) is 34.9 Å². The predicted octanol–water partition coefficient (Wildman–Crippen LogP) is 1.04. The molecule has 0 unspecified atom stereocenters. The van der Waals surface area contributed by atoms with Gasteiger partial charge in [-0.25, -0.2) is 9.97 Å². The molecule has 1 atom stereocenters. The van der Waals surface area contributed by atoms with Crippen LogP contribution in [0.5, 0.6) is 0 Å². The fourth-order valence-corrected chi connectivity index (χ4v) is 2.65. The van der Waals surface area contributed by atoms with E-state index >= 15 is 0 Å². The molecular weight excluding hydrogens is 268 g/mol. The van der Waals surface area contributed by atoms with Crippen molar-refractivity contribution in [2.45, 2.75) is 25.8 Å². The number of nitrogens with two attached hydrogens (primary N) is 1. The minimum atomic E-state index is -0.158. The lowest BCUT2D eigenvalue weighted by Gasteiger charge is -2.32. The van der Waals surface area contributed by atoms with E-state index in [1.807, 2.05) is 24.0 Å². The van der Waals surface area contributed by atoms with Crippen LogP contribution in [0.25, 0.3) is 0 Å². The van der Waals surface area contributed by atoms with Crippen LogP contribution >= 0.6 is 0 Å². The summed E-state index contributed by atoms with van der Waals surface area (Å²) in [5, 5.41) is 4.35. The number of aromatic nitrogens is 4. The number of aryl methyl sites for hydroxylation is 1. The maximum atomic E-state index is 12.5. The Hall–Kier alpha value is -2.44. The van der Waals surface area contributed by atoms with Gasteiger partial charge in [0.05, 0.1) is 12.2 Å². The normalized spacial score (nSPS) is 18.7. The molecule has 21 heavy (non-hydrogen) atoms. The molecule has 0 spiro atoms. The van der Waals surface area contributed by atoms with E-state index in [-0.39, 0.29) is 23.5 Å². The Balaban J connectivity index is 1.77. The highest BCUT2D eigenvalue weighted by atomic mass is 16.2. The molecule has 7 heteroatoms. The van der Waals surface area contributed by atoms with Gasteiger partial charge >= 0.3 is 0 Å². The van der Waals surface area contributed by atoms with Crippen LogP contribution in [0.4, 0.5) is 5.82 Å². The summed E-state index contributed by atoms with van der Waals surface area (Å²) in [6.07, 6.45) is 8.77. The molecule has 0 aliphatic carbocycles. The molecule has 110 valence electrons. The van der Waals surface area contributed by atoms with Crippen LogP contribution in [0, 0.1) is 6.92 Å². The maximum absolute atomic E-state index is 12.5. The number of carbonyl (C=O) groups excluding carboxylic acids is 1. The molecule has 2 aromatic heterocycles. The summed E-state index contributed by atoms with van der Waals surface area (Å²) in [5.41, 5.74) is 7.09. The topological polar surface area (TPSA) is 89.9 Å². The van der Waals surface area contributed by atoms with Gasteiger partial charge in [-0.3, -0.25) is 9.48 Å². The fourth-order valence-electron chi connectivity index (χ4n) is 2.65. The number of piperidine rings is 1. The molecule has 0 bridgehead atoms. The number of hydrogen-bond acceptors (Lipinski definition) is 5. The van der Waals surface area contributed by atoms with Crippen LogP contribution in [-0.4, -0.2) is 43.6 Å². The molecule has 1 saturated heterocycles. The molecule has 3 rings (SSSR count). The van der Waals surface area contributed by atoms with Crippen molar-refractivity contribution < 1.29 is 4.79 Å². The fraction of sp³-hybridized carbons (Fsp3) is 0.429. The number of hydrogen-bond donors (Lipinski definition) is 1. The van der Waals surface area contributed by atoms with Gasteiger partial charge in [0.25, 0.3) is 5.91 Å². The Kier molecular flexibility index (Phi) is 3.55. The third-order valence-corrected chi connectivity index (χ3v) is 3.72. The van der Waals surface area contributed by atoms with Gasteiger partial charge in [0.2, 0.25) is 0 Å². The number of anilines is 1. The minimum Gasteiger partial charge on any atom is -0.382 e. The quantitative estimate of drug-likeness (QED) is 0.891. The number of nitrogen functional groups attached to an aromatic ring is 1. The molecule has 2 aromatic rings. The molecule has 0 aromatic carbocycles. The van der Waals surface area contributed by atoms with Crippen LogP contribution in [0.15, 0.2) is 24.8 Å². The third kappa shape index (κ3) is 2.72. The second kappa shape index (κ2) is 5.51. The second-order valence-electron chi connectivity index (χ2n) is 5.34. The van der Waals surface area contributed by atoms with Crippen molar-refractivity contribution >= 4 is 11.7 Å². The van der Waals surface area contributed by atoms with E-state index in [1.54, 1.807) is 4.90 Å². The van der Waals surface area contributed by atoms with Crippen LogP contribution in [-0.2, 0) is 0 Å². The van der Waals surface area contributed by atoms with Gasteiger partial charge in [0, 0.05) is 31.7 Å². The van der Waals surface area contributed by atoms with E-state index in [0.717, 1.165) is 18.4 Å². The summed E-state index contributed by atoms with van der Waals surface area (Å²) in [6.45, 7) is 3.34. The van der Waals surface area contributed by atoms with E-state index in [4.69, 9.17) is 5.73 Å². The van der Waals surface area contributed by atoms with Gasteiger partial charge in [-0.1, -0.05) is 0 Å². The molecule has 2 N–H and O–H groups in total. The first kappa shape index (κ1) is 13.5. The SMILES string of the molecule is Cc1cnn([C@H]2CCCN(C(=O)c3nccnc3N)C2)c1. The van der Waals surface area contributed by atoms with Gasteiger partial charge in [0.1, 0.15) is 0 Å². The van der Waals surface area contributed by atoms with Crippen LogP contribution in [0.2, 0.25) is 0 Å². The van der Waals surface area contributed by atoms with E-state index in [1.165, 1.54) is 12.4 Å². The lowest BCUT2D eigenvalue weighted by molar-refractivity contribution is 0.0668. The molecule has 0 radical (unpaired) electrons. The zero-order chi connectivity index (χ0) is 14.8. The van der Waals surface area contributed by atoms with Crippen molar-refractivity contribution in [3.63, 3.8) is 0 Å². The largest absolute Gasteiger partial charge is 0.382 e. The summed E-state index contributed by atoms with van der Waals surface area (Å²) in [4.78, 5) is 22.3. The molecule has 1 aliphatic heterocycles. The Morgan fingerprint density at radius 3 is 2.90 bits per heavy atom. The van der Waals surface area contributed by atoms with Crippen LogP contribution < -0.4 is 5.73 Å². The van der Waals surface area contributed by atoms with E-state index in [0.29, 0.717) is 13.1 Å². The van der Waals surface area contributed by atoms with E-state index in [2.05, 4.69) is 15.1 Å². The van der Waals surface area contributed by atoms with Gasteiger partial charge in [0.15, 0.2) is 11.5 Å². The first-order valence-corrected chi connectivity index (χ1v) is 7.01. The molecular formula is C14H18N6O. The van der Waals surface area contributed by atoms with E-state index < -0.39 is 0 Å². The van der Waals surface area contributed by atoms with Gasteiger partial charge in [-0.15, -0.1) is 0 Å². The summed E-state index contributed by atoms with van der Waals surface area (Å²) >= 11 is 0. The number of rotatable bonds is 2. The summed E-state index contributed by atoms with van der Waals surface area (Å²) < 4.78 is 1.94. The van der Waals surface area contributed by atoms with Gasteiger partial charge in [-0.2, -0.15) is 5.10 Å². The Bertz CT molecular complexity index is 652. The smallest absolute Gasteiger partial charge is 0.276 e. The van der Waals surface area contributed by atoms with Gasteiger partial charge < -0.3 is 10.6 Å². The number of nitrogens with zero attached hydrogens (tertiary/aromatic N) is 5. The average molecular weight is 286 g/mol. The Morgan fingerprint density at radius 2 is 2.19 bits per heavy atom. The van der Waals surface area contributed by atoms with Crippen LogP contribution in [0.3, 0.4) is 0 Å². The number of carbonyl (C=O) groups is 1. The molecule has 3 heterocycles. The minimum absolute atomic E-state index is 0.158. The average Bonchev–Trinajstić information content (AvgIpc) is 2.94. The van der Waals surface area contributed by atoms with Gasteiger partial charge in [-0.05, 0) is 25.3 Å². The third-order valence-electron chi connectivity index (χ3n) is 3.72. The molecule has 7 nitrogen and oxygen atoms in total. The summed E-state index contributed by atoms with van der Waals surface area (Å²) in [7, 11) is 0. The number of likely N-dealkylation sites (tertiary alicyclic amines) is 1. The highest BCUT2D eigenvalue weighted by Crippen LogP contribution is 2.23. The van der Waals surface area contributed by atoms with Crippen molar-refractivity contribution in [3.05, 3.63) is 36.0 Å². The first-order valence-electron chi connectivity index (χ1n) is 7.01. The van der Waals surface area contributed by atoms with Crippen molar-refractivity contribution in [2.24, 2.45) is 0 Å². The molecule has 1 fully saturated rings. The molecule has 1 aliphatic rings. The lowest BCUT2D eigenvalue weighted by Crippen LogP contribution is -2.41. The summed E-state index contributed by atoms with van der Waals surface area (Å²) in [5.74, 6) is 0.0220. The van der Waals surface area contributed by atoms with Crippen molar-refractivity contribution in [3.8, 4) is 0 Å². The molecule has 1 amide bonds. The zero-order valence-corrected chi connectivity index (χ0v) is 11.9.